The first-order valence-electron chi connectivity index (χ1n) is 8.39. The second kappa shape index (κ2) is 8.13. The quantitative estimate of drug-likeness (QED) is 0.817. The highest BCUT2D eigenvalue weighted by Gasteiger charge is 2.24. The van der Waals surface area contributed by atoms with Crippen LogP contribution in [0.1, 0.15) is 21.9 Å². The Morgan fingerprint density at radius 2 is 1.83 bits per heavy atom. The van der Waals surface area contributed by atoms with Crippen molar-refractivity contribution in [2.45, 2.75) is 13.0 Å². The first kappa shape index (κ1) is 16.7. The van der Waals surface area contributed by atoms with Gasteiger partial charge in [0.2, 0.25) is 0 Å². The lowest BCUT2D eigenvalue weighted by atomic mass is 10.1. The number of carbonyl (C=O) groups is 1. The molecule has 1 aromatic carbocycles. The van der Waals surface area contributed by atoms with Gasteiger partial charge in [0, 0.05) is 39.8 Å². The van der Waals surface area contributed by atoms with Gasteiger partial charge < -0.3 is 14.1 Å². The predicted molar refractivity (Wildman–Crippen MR) is 91.9 cm³/mol. The molecule has 0 atom stereocenters. The van der Waals surface area contributed by atoms with Crippen molar-refractivity contribution in [2.75, 3.05) is 39.8 Å². The van der Waals surface area contributed by atoms with Crippen molar-refractivity contribution in [2.24, 2.45) is 0 Å². The molecule has 0 N–H and O–H groups in total. The smallest absolute Gasteiger partial charge is 0.289 e. The summed E-state index contributed by atoms with van der Waals surface area (Å²) in [6.45, 7) is 4.72. The number of piperazine rings is 1. The van der Waals surface area contributed by atoms with Gasteiger partial charge in [0.15, 0.2) is 5.76 Å². The lowest BCUT2D eigenvalue weighted by Gasteiger charge is -2.34. The van der Waals surface area contributed by atoms with Crippen LogP contribution in [-0.4, -0.2) is 55.5 Å². The third-order valence-corrected chi connectivity index (χ3v) is 4.38. The van der Waals surface area contributed by atoms with Crippen LogP contribution in [0.25, 0.3) is 0 Å². The number of benzene rings is 1. The predicted octanol–water partition coefficient (Wildman–Crippen LogP) is 2.43. The van der Waals surface area contributed by atoms with E-state index in [0.29, 0.717) is 18.1 Å². The SMILES string of the molecule is COCc1ccc(C(=O)N2CCN(CCc3ccccc3)CC2)o1. The molecule has 2 aromatic rings. The Labute approximate surface area is 142 Å². The highest BCUT2D eigenvalue weighted by Crippen LogP contribution is 2.13. The standard InChI is InChI=1S/C19H24N2O3/c1-23-15-17-7-8-18(24-17)19(22)21-13-11-20(12-14-21)10-9-16-5-3-2-4-6-16/h2-8H,9-15H2,1H3. The molecule has 0 radical (unpaired) electrons. The third kappa shape index (κ3) is 4.24. The zero-order chi connectivity index (χ0) is 16.8. The average Bonchev–Trinajstić information content (AvgIpc) is 3.10. The average molecular weight is 328 g/mol. The van der Waals surface area contributed by atoms with Gasteiger partial charge in [-0.25, -0.2) is 0 Å². The van der Waals surface area contributed by atoms with Crippen molar-refractivity contribution in [3.05, 3.63) is 59.5 Å². The van der Waals surface area contributed by atoms with Crippen molar-refractivity contribution in [1.29, 1.82) is 0 Å². The maximum Gasteiger partial charge on any atom is 0.289 e. The van der Waals surface area contributed by atoms with Gasteiger partial charge in [-0.2, -0.15) is 0 Å². The minimum Gasteiger partial charge on any atom is -0.453 e. The summed E-state index contributed by atoms with van der Waals surface area (Å²) < 4.78 is 10.6. The monoisotopic (exact) mass is 328 g/mol. The topological polar surface area (TPSA) is 45.9 Å². The van der Waals surface area contributed by atoms with E-state index in [-0.39, 0.29) is 5.91 Å². The Hall–Kier alpha value is -2.11. The number of hydrogen-bond donors (Lipinski definition) is 0. The molecule has 0 bridgehead atoms. The van der Waals surface area contributed by atoms with E-state index in [0.717, 1.165) is 39.1 Å². The van der Waals surface area contributed by atoms with Crippen LogP contribution >= 0.6 is 0 Å². The zero-order valence-electron chi connectivity index (χ0n) is 14.1. The van der Waals surface area contributed by atoms with Crippen molar-refractivity contribution in [3.8, 4) is 0 Å². The molecule has 0 saturated carbocycles. The van der Waals surface area contributed by atoms with Crippen LogP contribution in [0.3, 0.4) is 0 Å². The van der Waals surface area contributed by atoms with Gasteiger partial charge in [0.25, 0.3) is 5.91 Å². The summed E-state index contributed by atoms with van der Waals surface area (Å²) in [5.41, 5.74) is 1.36. The number of ether oxygens (including phenoxy) is 1. The molecule has 1 aliphatic rings. The molecule has 1 saturated heterocycles. The molecule has 0 aliphatic carbocycles. The maximum atomic E-state index is 12.5. The van der Waals surface area contributed by atoms with Gasteiger partial charge in [-0.15, -0.1) is 0 Å². The Morgan fingerprint density at radius 1 is 1.08 bits per heavy atom. The summed E-state index contributed by atoms with van der Waals surface area (Å²) in [5, 5.41) is 0. The van der Waals surface area contributed by atoms with E-state index in [9.17, 15) is 4.79 Å². The van der Waals surface area contributed by atoms with Crippen LogP contribution in [0.5, 0.6) is 0 Å². The molecule has 1 aliphatic heterocycles. The number of methoxy groups -OCH3 is 1. The molecule has 24 heavy (non-hydrogen) atoms. The van der Waals surface area contributed by atoms with Crippen LogP contribution in [0.15, 0.2) is 46.9 Å². The summed E-state index contributed by atoms with van der Waals surface area (Å²) >= 11 is 0. The first-order valence-corrected chi connectivity index (χ1v) is 8.39. The summed E-state index contributed by atoms with van der Waals surface area (Å²) in [7, 11) is 1.61. The van der Waals surface area contributed by atoms with Crippen LogP contribution in [0.4, 0.5) is 0 Å². The normalized spacial score (nSPS) is 15.6. The molecular formula is C19H24N2O3. The van der Waals surface area contributed by atoms with Gasteiger partial charge in [0.1, 0.15) is 12.4 Å². The summed E-state index contributed by atoms with van der Waals surface area (Å²) in [4.78, 5) is 16.8. The second-order valence-corrected chi connectivity index (χ2v) is 6.07. The summed E-state index contributed by atoms with van der Waals surface area (Å²) in [5.74, 6) is 1.06. The fraction of sp³-hybridized carbons (Fsp3) is 0.421. The lowest BCUT2D eigenvalue weighted by Crippen LogP contribution is -2.49. The van der Waals surface area contributed by atoms with E-state index < -0.39 is 0 Å². The largest absolute Gasteiger partial charge is 0.453 e. The summed E-state index contributed by atoms with van der Waals surface area (Å²) in [6, 6.07) is 14.1. The fourth-order valence-electron chi connectivity index (χ4n) is 2.97. The Bertz CT molecular complexity index is 646. The van der Waals surface area contributed by atoms with Crippen LogP contribution in [0.2, 0.25) is 0 Å². The van der Waals surface area contributed by atoms with Gasteiger partial charge >= 0.3 is 0 Å². The van der Waals surface area contributed by atoms with E-state index in [1.54, 1.807) is 19.2 Å². The number of carbonyl (C=O) groups excluding carboxylic acids is 1. The Kier molecular flexibility index (Phi) is 5.67. The van der Waals surface area contributed by atoms with Crippen molar-refractivity contribution in [1.82, 2.24) is 9.80 Å². The lowest BCUT2D eigenvalue weighted by molar-refractivity contribution is 0.0601. The fourth-order valence-corrected chi connectivity index (χ4v) is 2.97. The number of rotatable bonds is 6. The molecule has 0 unspecified atom stereocenters. The molecule has 2 heterocycles. The van der Waals surface area contributed by atoms with Crippen molar-refractivity contribution >= 4 is 5.91 Å². The minimum atomic E-state index is -0.0277. The van der Waals surface area contributed by atoms with Gasteiger partial charge in [-0.05, 0) is 24.1 Å². The van der Waals surface area contributed by atoms with Gasteiger partial charge in [0.05, 0.1) is 0 Å². The zero-order valence-corrected chi connectivity index (χ0v) is 14.1. The number of nitrogens with zero attached hydrogens (tertiary/aromatic N) is 2. The van der Waals surface area contributed by atoms with Crippen molar-refractivity contribution < 1.29 is 13.9 Å². The van der Waals surface area contributed by atoms with E-state index >= 15 is 0 Å². The highest BCUT2D eigenvalue weighted by atomic mass is 16.5. The molecule has 1 amide bonds. The molecule has 0 spiro atoms. The number of hydrogen-bond acceptors (Lipinski definition) is 4. The molecule has 128 valence electrons. The molecule has 5 heteroatoms. The number of amides is 1. The van der Waals surface area contributed by atoms with Crippen LogP contribution < -0.4 is 0 Å². The molecule has 1 aromatic heterocycles. The maximum absolute atomic E-state index is 12.5. The van der Waals surface area contributed by atoms with Gasteiger partial charge in [-0.1, -0.05) is 30.3 Å². The molecule has 5 nitrogen and oxygen atoms in total. The Balaban J connectivity index is 1.46. The first-order chi connectivity index (χ1) is 11.8. The highest BCUT2D eigenvalue weighted by molar-refractivity contribution is 5.91. The molecular weight excluding hydrogens is 304 g/mol. The minimum absolute atomic E-state index is 0.0277. The molecule has 1 fully saturated rings. The molecule has 3 rings (SSSR count). The van der Waals surface area contributed by atoms with Gasteiger partial charge in [-0.3, -0.25) is 9.69 Å². The van der Waals surface area contributed by atoms with Crippen LogP contribution in [0, 0.1) is 0 Å². The number of furan rings is 1. The Morgan fingerprint density at radius 3 is 2.54 bits per heavy atom. The van der Waals surface area contributed by atoms with E-state index in [4.69, 9.17) is 9.15 Å². The van der Waals surface area contributed by atoms with E-state index in [2.05, 4.69) is 29.2 Å². The summed E-state index contributed by atoms with van der Waals surface area (Å²) in [6.07, 6.45) is 1.05. The van der Waals surface area contributed by atoms with Crippen LogP contribution in [-0.2, 0) is 17.8 Å². The van der Waals surface area contributed by atoms with E-state index in [1.807, 2.05) is 11.0 Å². The van der Waals surface area contributed by atoms with Crippen molar-refractivity contribution in [3.63, 3.8) is 0 Å². The second-order valence-electron chi connectivity index (χ2n) is 6.07. The third-order valence-electron chi connectivity index (χ3n) is 4.38. The van der Waals surface area contributed by atoms with E-state index in [1.165, 1.54) is 5.56 Å².